The van der Waals surface area contributed by atoms with E-state index >= 15 is 0 Å². The number of amides is 1. The summed E-state index contributed by atoms with van der Waals surface area (Å²) in [4.78, 5) is 12.0. The monoisotopic (exact) mass is 311 g/mol. The van der Waals surface area contributed by atoms with Crippen molar-refractivity contribution in [1.29, 1.82) is 0 Å². The fourth-order valence-corrected chi connectivity index (χ4v) is 1.75. The number of ether oxygens (including phenoxy) is 2. The second-order valence-corrected chi connectivity index (χ2v) is 4.23. The summed E-state index contributed by atoms with van der Waals surface area (Å²) in [5, 5.41) is 2.62. The highest BCUT2D eigenvalue weighted by atomic mass is 19.4. The van der Waals surface area contributed by atoms with Crippen LogP contribution in [0.15, 0.2) is 48.5 Å². The van der Waals surface area contributed by atoms with Crippen molar-refractivity contribution in [2.45, 2.75) is 6.36 Å². The van der Waals surface area contributed by atoms with E-state index in [2.05, 4.69) is 10.1 Å². The number of benzene rings is 2. The Morgan fingerprint density at radius 3 is 2.27 bits per heavy atom. The van der Waals surface area contributed by atoms with Gasteiger partial charge in [-0.3, -0.25) is 4.79 Å². The van der Waals surface area contributed by atoms with E-state index in [1.807, 2.05) is 0 Å². The average Bonchev–Trinajstić information content (AvgIpc) is 2.47. The van der Waals surface area contributed by atoms with Gasteiger partial charge >= 0.3 is 6.36 Å². The summed E-state index contributed by atoms with van der Waals surface area (Å²) in [6.45, 7) is 0. The summed E-state index contributed by atoms with van der Waals surface area (Å²) >= 11 is 0. The van der Waals surface area contributed by atoms with Crippen molar-refractivity contribution in [2.75, 3.05) is 12.4 Å². The molecule has 0 aliphatic carbocycles. The molecule has 116 valence electrons. The Balaban J connectivity index is 2.10. The minimum Gasteiger partial charge on any atom is -0.495 e. The molecule has 2 aromatic carbocycles. The van der Waals surface area contributed by atoms with Crippen LogP contribution in [0.5, 0.6) is 11.5 Å². The van der Waals surface area contributed by atoms with Gasteiger partial charge in [-0.15, -0.1) is 13.2 Å². The van der Waals surface area contributed by atoms with Crippen molar-refractivity contribution >= 4 is 11.6 Å². The molecule has 0 spiro atoms. The number of carbonyl (C=O) groups is 1. The normalized spacial score (nSPS) is 10.9. The van der Waals surface area contributed by atoms with Gasteiger partial charge in [-0.1, -0.05) is 12.1 Å². The number of methoxy groups -OCH3 is 1. The number of rotatable bonds is 4. The molecule has 0 saturated carbocycles. The average molecular weight is 311 g/mol. The molecule has 4 nitrogen and oxygen atoms in total. The number of nitrogens with one attached hydrogen (secondary N) is 1. The number of alkyl halides is 3. The Morgan fingerprint density at radius 2 is 1.68 bits per heavy atom. The van der Waals surface area contributed by atoms with Crippen LogP contribution in [-0.2, 0) is 0 Å². The Bertz CT molecular complexity index is 654. The van der Waals surface area contributed by atoms with Gasteiger partial charge in [0.15, 0.2) is 0 Å². The van der Waals surface area contributed by atoms with Gasteiger partial charge < -0.3 is 14.8 Å². The first kappa shape index (κ1) is 15.7. The highest BCUT2D eigenvalue weighted by Crippen LogP contribution is 2.25. The van der Waals surface area contributed by atoms with E-state index in [-0.39, 0.29) is 11.3 Å². The second-order valence-electron chi connectivity index (χ2n) is 4.23. The maximum absolute atomic E-state index is 12.1. The number of anilines is 1. The van der Waals surface area contributed by atoms with Gasteiger partial charge in [0.1, 0.15) is 11.5 Å². The first-order chi connectivity index (χ1) is 10.4. The fourth-order valence-electron chi connectivity index (χ4n) is 1.75. The summed E-state index contributed by atoms with van der Waals surface area (Å²) in [6, 6.07) is 11.4. The lowest BCUT2D eigenvalue weighted by Gasteiger charge is -2.11. The minimum absolute atomic E-state index is 0.195. The first-order valence-corrected chi connectivity index (χ1v) is 6.19. The lowest BCUT2D eigenvalue weighted by molar-refractivity contribution is -0.274. The Labute approximate surface area is 124 Å². The molecule has 2 aromatic rings. The minimum atomic E-state index is -4.76. The molecular formula is C15H12F3NO3. The zero-order valence-electron chi connectivity index (χ0n) is 11.5. The van der Waals surface area contributed by atoms with Gasteiger partial charge in [-0.2, -0.15) is 0 Å². The molecule has 0 aliphatic rings. The first-order valence-electron chi connectivity index (χ1n) is 6.19. The summed E-state index contributed by atoms with van der Waals surface area (Å²) < 4.78 is 45.0. The molecule has 0 aromatic heterocycles. The van der Waals surface area contributed by atoms with Crippen molar-refractivity contribution in [3.05, 3.63) is 54.1 Å². The highest BCUT2D eigenvalue weighted by Gasteiger charge is 2.31. The van der Waals surface area contributed by atoms with Gasteiger partial charge in [0.25, 0.3) is 5.91 Å². The molecule has 0 heterocycles. The quantitative estimate of drug-likeness (QED) is 0.933. The van der Waals surface area contributed by atoms with E-state index < -0.39 is 12.3 Å². The van der Waals surface area contributed by atoms with E-state index in [0.29, 0.717) is 11.4 Å². The molecule has 2 rings (SSSR count). The Kier molecular flexibility index (Phi) is 4.55. The molecule has 1 amide bonds. The molecule has 0 aliphatic heterocycles. The van der Waals surface area contributed by atoms with E-state index in [9.17, 15) is 18.0 Å². The third-order valence-corrected chi connectivity index (χ3v) is 2.71. The maximum atomic E-state index is 12.1. The van der Waals surface area contributed by atoms with E-state index in [4.69, 9.17) is 4.74 Å². The lowest BCUT2D eigenvalue weighted by atomic mass is 10.2. The molecular weight excluding hydrogens is 299 g/mol. The summed E-state index contributed by atoms with van der Waals surface area (Å²) in [7, 11) is 1.47. The molecule has 0 saturated heterocycles. The molecule has 0 fully saturated rings. The second kappa shape index (κ2) is 6.38. The number of halogens is 3. The van der Waals surface area contributed by atoms with Crippen LogP contribution in [0.25, 0.3) is 0 Å². The lowest BCUT2D eigenvalue weighted by Crippen LogP contribution is -2.17. The van der Waals surface area contributed by atoms with Gasteiger partial charge in [0.05, 0.1) is 12.8 Å². The molecule has 0 atom stereocenters. The Morgan fingerprint density at radius 1 is 1.05 bits per heavy atom. The number of para-hydroxylation sites is 2. The number of carbonyl (C=O) groups excluding carboxylic acids is 1. The van der Waals surface area contributed by atoms with Crippen molar-refractivity contribution < 1.29 is 27.4 Å². The van der Waals surface area contributed by atoms with Crippen LogP contribution < -0.4 is 14.8 Å². The fraction of sp³-hybridized carbons (Fsp3) is 0.133. The Hall–Kier alpha value is -2.70. The van der Waals surface area contributed by atoms with Gasteiger partial charge in [0, 0.05) is 5.56 Å². The molecule has 0 radical (unpaired) electrons. The molecule has 1 N–H and O–H groups in total. The zero-order valence-corrected chi connectivity index (χ0v) is 11.5. The summed E-state index contributed by atoms with van der Waals surface area (Å²) in [5.74, 6) is -0.378. The summed E-state index contributed by atoms with van der Waals surface area (Å²) in [6.07, 6.45) is -4.76. The van der Waals surface area contributed by atoms with Crippen molar-refractivity contribution in [3.63, 3.8) is 0 Å². The van der Waals surface area contributed by atoms with Gasteiger partial charge in [0.2, 0.25) is 0 Å². The van der Waals surface area contributed by atoms with Crippen LogP contribution in [0.1, 0.15) is 10.4 Å². The topological polar surface area (TPSA) is 47.6 Å². The van der Waals surface area contributed by atoms with E-state index in [0.717, 1.165) is 12.1 Å². The van der Waals surface area contributed by atoms with Crippen molar-refractivity contribution in [3.8, 4) is 11.5 Å². The number of hydrogen-bond donors (Lipinski definition) is 1. The van der Waals surface area contributed by atoms with Crippen LogP contribution in [0.4, 0.5) is 18.9 Å². The zero-order chi connectivity index (χ0) is 16.2. The van der Waals surface area contributed by atoms with Crippen LogP contribution in [-0.4, -0.2) is 19.4 Å². The highest BCUT2D eigenvalue weighted by molar-refractivity contribution is 6.05. The smallest absolute Gasteiger partial charge is 0.495 e. The maximum Gasteiger partial charge on any atom is 0.573 e. The number of hydrogen-bond acceptors (Lipinski definition) is 3. The SMILES string of the molecule is COc1ccccc1NC(=O)c1ccc(OC(F)(F)F)cc1. The van der Waals surface area contributed by atoms with Gasteiger partial charge in [-0.25, -0.2) is 0 Å². The molecule has 0 bridgehead atoms. The van der Waals surface area contributed by atoms with E-state index in [1.165, 1.54) is 19.2 Å². The molecule has 22 heavy (non-hydrogen) atoms. The third kappa shape index (κ3) is 4.15. The van der Waals surface area contributed by atoms with Crippen LogP contribution in [0.3, 0.4) is 0 Å². The van der Waals surface area contributed by atoms with Crippen molar-refractivity contribution in [2.24, 2.45) is 0 Å². The molecule has 7 heteroatoms. The summed E-state index contributed by atoms with van der Waals surface area (Å²) in [5.41, 5.74) is 0.658. The van der Waals surface area contributed by atoms with Crippen LogP contribution in [0, 0.1) is 0 Å². The largest absolute Gasteiger partial charge is 0.573 e. The van der Waals surface area contributed by atoms with E-state index in [1.54, 1.807) is 24.3 Å². The predicted molar refractivity (Wildman–Crippen MR) is 74.1 cm³/mol. The third-order valence-electron chi connectivity index (χ3n) is 2.71. The van der Waals surface area contributed by atoms with Gasteiger partial charge in [-0.05, 0) is 36.4 Å². The molecule has 0 unspecified atom stereocenters. The van der Waals surface area contributed by atoms with Crippen molar-refractivity contribution in [1.82, 2.24) is 0 Å². The van der Waals surface area contributed by atoms with Crippen LogP contribution >= 0.6 is 0 Å². The standard InChI is InChI=1S/C15H12F3NO3/c1-21-13-5-3-2-4-12(13)19-14(20)10-6-8-11(9-7-10)22-15(16,17)18/h2-9H,1H3,(H,19,20). The predicted octanol–water partition coefficient (Wildman–Crippen LogP) is 3.85. The van der Waals surface area contributed by atoms with Crippen LogP contribution in [0.2, 0.25) is 0 Å².